The fourth-order valence-corrected chi connectivity index (χ4v) is 4.02. The van der Waals surface area contributed by atoms with Crippen LogP contribution < -0.4 is 4.74 Å². The Bertz CT molecular complexity index is 1550. The smallest absolute Gasteiger partial charge is 0.221 e. The number of hydrogen-bond acceptors (Lipinski definition) is 4. The van der Waals surface area contributed by atoms with Crippen molar-refractivity contribution < 1.29 is 13.9 Å². The molecule has 2 heterocycles. The van der Waals surface area contributed by atoms with Crippen molar-refractivity contribution in [1.29, 1.82) is 0 Å². The second kappa shape index (κ2) is 10.3. The van der Waals surface area contributed by atoms with E-state index in [9.17, 15) is 4.79 Å². The van der Waals surface area contributed by atoms with Gasteiger partial charge in [0.2, 0.25) is 5.78 Å². The predicted molar refractivity (Wildman–Crippen MR) is 143 cm³/mol. The van der Waals surface area contributed by atoms with Crippen LogP contribution in [0.1, 0.15) is 16.1 Å². The van der Waals surface area contributed by atoms with Crippen LogP contribution in [0.25, 0.3) is 34.3 Å². The van der Waals surface area contributed by atoms with Gasteiger partial charge in [0, 0.05) is 22.9 Å². The lowest BCUT2D eigenvalue weighted by Crippen LogP contribution is -1.94. The second-order valence-electron chi connectivity index (χ2n) is 7.93. The average molecular weight is 515 g/mol. The van der Waals surface area contributed by atoms with E-state index in [4.69, 9.17) is 37.5 Å². The lowest BCUT2D eigenvalue weighted by atomic mass is 10.1. The largest absolute Gasteiger partial charge is 0.497 e. The van der Waals surface area contributed by atoms with Gasteiger partial charge in [0.05, 0.1) is 28.5 Å². The molecule has 0 aliphatic heterocycles. The molecule has 0 radical (unpaired) electrons. The molecule has 0 aliphatic carbocycles. The van der Waals surface area contributed by atoms with E-state index in [1.165, 1.54) is 6.08 Å². The zero-order valence-electron chi connectivity index (χ0n) is 19.2. The highest BCUT2D eigenvalue weighted by atomic mass is 35.5. The summed E-state index contributed by atoms with van der Waals surface area (Å²) >= 11 is 12.1. The number of nitrogens with zero attached hydrogens (tertiary/aromatic N) is 2. The molecule has 5 aromatic rings. The molecule has 178 valence electrons. The SMILES string of the molecule is COc1ccc(-c2nn(-c3ccccc3)cc2/C=C/C(=O)c2ccc(-c3ccc(Cl)c(Cl)c3)o2)cc1. The maximum Gasteiger partial charge on any atom is 0.221 e. The summed E-state index contributed by atoms with van der Waals surface area (Å²) in [7, 11) is 1.63. The van der Waals surface area contributed by atoms with Gasteiger partial charge in [0.15, 0.2) is 5.76 Å². The topological polar surface area (TPSA) is 57.3 Å². The number of carbonyl (C=O) groups is 1. The van der Waals surface area contributed by atoms with E-state index in [0.717, 1.165) is 33.8 Å². The minimum atomic E-state index is -0.269. The third-order valence-electron chi connectivity index (χ3n) is 5.59. The highest BCUT2D eigenvalue weighted by molar-refractivity contribution is 6.42. The molecule has 0 aliphatic rings. The van der Waals surface area contributed by atoms with Crippen LogP contribution in [0, 0.1) is 0 Å². The molecule has 2 aromatic heterocycles. The summed E-state index contributed by atoms with van der Waals surface area (Å²) in [6.07, 6.45) is 5.12. The Balaban J connectivity index is 1.45. The summed E-state index contributed by atoms with van der Waals surface area (Å²) in [5.41, 5.74) is 4.07. The molecule has 5 rings (SSSR count). The van der Waals surface area contributed by atoms with Gasteiger partial charge in [0.25, 0.3) is 0 Å². The first-order chi connectivity index (χ1) is 17.5. The zero-order valence-corrected chi connectivity index (χ0v) is 20.7. The van der Waals surface area contributed by atoms with Crippen molar-refractivity contribution in [1.82, 2.24) is 9.78 Å². The van der Waals surface area contributed by atoms with Crippen LogP contribution in [-0.4, -0.2) is 22.7 Å². The Labute approximate surface area is 218 Å². The fraction of sp³-hybridized carbons (Fsp3) is 0.0345. The Kier molecular flexibility index (Phi) is 6.76. The summed E-state index contributed by atoms with van der Waals surface area (Å²) < 4.78 is 12.9. The van der Waals surface area contributed by atoms with Crippen molar-refractivity contribution in [2.75, 3.05) is 7.11 Å². The van der Waals surface area contributed by atoms with Gasteiger partial charge in [-0.1, -0.05) is 41.4 Å². The van der Waals surface area contributed by atoms with Gasteiger partial charge < -0.3 is 9.15 Å². The minimum Gasteiger partial charge on any atom is -0.497 e. The number of carbonyl (C=O) groups excluding carboxylic acids is 1. The van der Waals surface area contributed by atoms with Crippen molar-refractivity contribution in [3.05, 3.63) is 119 Å². The van der Waals surface area contributed by atoms with E-state index < -0.39 is 0 Å². The van der Waals surface area contributed by atoms with Gasteiger partial charge >= 0.3 is 0 Å². The quantitative estimate of drug-likeness (QED) is 0.163. The number of halogens is 2. The molecule has 0 atom stereocenters. The lowest BCUT2D eigenvalue weighted by molar-refractivity contribution is 0.102. The molecule has 36 heavy (non-hydrogen) atoms. The predicted octanol–water partition coefficient (Wildman–Crippen LogP) is 8.01. The van der Waals surface area contributed by atoms with Crippen LogP contribution in [-0.2, 0) is 0 Å². The zero-order chi connectivity index (χ0) is 25.1. The molecule has 0 bridgehead atoms. The summed E-state index contributed by atoms with van der Waals surface area (Å²) in [6, 6.07) is 26.0. The van der Waals surface area contributed by atoms with Crippen LogP contribution in [0.4, 0.5) is 0 Å². The number of hydrogen-bond donors (Lipinski definition) is 0. The minimum absolute atomic E-state index is 0.216. The number of methoxy groups -OCH3 is 1. The van der Waals surface area contributed by atoms with E-state index in [0.29, 0.717) is 15.8 Å². The van der Waals surface area contributed by atoms with Gasteiger partial charge in [-0.15, -0.1) is 0 Å². The Morgan fingerprint density at radius 2 is 1.67 bits per heavy atom. The Morgan fingerprint density at radius 1 is 0.917 bits per heavy atom. The van der Waals surface area contributed by atoms with Crippen LogP contribution >= 0.6 is 23.2 Å². The molecule has 0 saturated heterocycles. The normalized spacial score (nSPS) is 11.2. The van der Waals surface area contributed by atoms with E-state index in [-0.39, 0.29) is 11.5 Å². The van der Waals surface area contributed by atoms with Gasteiger partial charge in [0.1, 0.15) is 11.5 Å². The summed E-state index contributed by atoms with van der Waals surface area (Å²) in [6.45, 7) is 0. The standard InChI is InChI=1S/C29H20Cl2N2O3/c1-35-23-11-7-19(8-12-23)29-21(18-33(32-29)22-5-3-2-4-6-22)10-14-26(34)28-16-15-27(36-28)20-9-13-24(30)25(31)17-20/h2-18H,1H3/b14-10+. The number of ketones is 1. The fourth-order valence-electron chi connectivity index (χ4n) is 3.72. The number of furan rings is 1. The van der Waals surface area contributed by atoms with E-state index >= 15 is 0 Å². The molecule has 0 saturated carbocycles. The van der Waals surface area contributed by atoms with Crippen molar-refractivity contribution in [2.45, 2.75) is 0 Å². The molecule has 7 heteroatoms. The monoisotopic (exact) mass is 514 g/mol. The molecule has 5 nitrogen and oxygen atoms in total. The molecule has 3 aromatic carbocycles. The molecular formula is C29H20Cl2N2O3. The van der Waals surface area contributed by atoms with E-state index in [1.807, 2.05) is 60.8 Å². The van der Waals surface area contributed by atoms with Crippen LogP contribution in [0.3, 0.4) is 0 Å². The summed E-state index contributed by atoms with van der Waals surface area (Å²) in [4.78, 5) is 12.9. The molecule has 0 unspecified atom stereocenters. The molecule has 0 spiro atoms. The van der Waals surface area contributed by atoms with Crippen LogP contribution in [0.15, 0.2) is 102 Å². The van der Waals surface area contributed by atoms with Crippen LogP contribution in [0.2, 0.25) is 10.0 Å². The van der Waals surface area contributed by atoms with Crippen molar-refractivity contribution in [3.8, 4) is 34.0 Å². The van der Waals surface area contributed by atoms with Gasteiger partial charge in [-0.05, 0) is 78.9 Å². The number of para-hydroxylation sites is 1. The van der Waals surface area contributed by atoms with Crippen LogP contribution in [0.5, 0.6) is 5.75 Å². The third kappa shape index (κ3) is 4.98. The number of ether oxygens (including phenoxy) is 1. The number of aromatic nitrogens is 2. The summed E-state index contributed by atoms with van der Waals surface area (Å²) in [5.74, 6) is 1.23. The number of benzene rings is 3. The van der Waals surface area contributed by atoms with E-state index in [1.54, 1.807) is 48.2 Å². The Hall–Kier alpha value is -4.06. The van der Waals surface area contributed by atoms with Gasteiger partial charge in [-0.2, -0.15) is 5.10 Å². The first-order valence-corrected chi connectivity index (χ1v) is 11.8. The highest BCUT2D eigenvalue weighted by Gasteiger charge is 2.14. The summed E-state index contributed by atoms with van der Waals surface area (Å²) in [5, 5.41) is 5.65. The van der Waals surface area contributed by atoms with Crippen molar-refractivity contribution in [2.24, 2.45) is 0 Å². The van der Waals surface area contributed by atoms with Gasteiger partial charge in [-0.3, -0.25) is 4.79 Å². The number of allylic oxidation sites excluding steroid dienone is 1. The Morgan fingerprint density at radius 3 is 2.39 bits per heavy atom. The lowest BCUT2D eigenvalue weighted by Gasteiger charge is -2.02. The molecule has 0 N–H and O–H groups in total. The third-order valence-corrected chi connectivity index (χ3v) is 6.33. The molecular weight excluding hydrogens is 495 g/mol. The highest BCUT2D eigenvalue weighted by Crippen LogP contribution is 2.30. The maximum atomic E-state index is 12.9. The van der Waals surface area contributed by atoms with E-state index in [2.05, 4.69) is 0 Å². The van der Waals surface area contributed by atoms with Crippen molar-refractivity contribution in [3.63, 3.8) is 0 Å². The molecule has 0 amide bonds. The maximum absolute atomic E-state index is 12.9. The molecule has 0 fully saturated rings. The average Bonchev–Trinajstić information content (AvgIpc) is 3.58. The first-order valence-electron chi connectivity index (χ1n) is 11.1. The first kappa shape index (κ1) is 23.7. The van der Waals surface area contributed by atoms with Crippen molar-refractivity contribution >= 4 is 35.1 Å². The van der Waals surface area contributed by atoms with Gasteiger partial charge in [-0.25, -0.2) is 4.68 Å². The second-order valence-corrected chi connectivity index (χ2v) is 8.75. The number of rotatable bonds is 7.